The number of hydrogen-bond donors (Lipinski definition) is 6. The van der Waals surface area contributed by atoms with E-state index >= 15 is 0 Å². The molecule has 0 aliphatic carbocycles. The summed E-state index contributed by atoms with van der Waals surface area (Å²) in [6.45, 7) is 14.1. The van der Waals surface area contributed by atoms with E-state index in [4.69, 9.17) is 11.5 Å². The first kappa shape index (κ1) is 45.8. The molecule has 14 heteroatoms. The summed E-state index contributed by atoms with van der Waals surface area (Å²) < 4.78 is 4.05. The molecule has 306 valence electrons. The van der Waals surface area contributed by atoms with E-state index in [1.807, 2.05) is 99.6 Å². The number of benzene rings is 3. The Bertz CT molecular complexity index is 1800. The Labute approximate surface area is 343 Å². The molecule has 0 spiro atoms. The van der Waals surface area contributed by atoms with Crippen molar-refractivity contribution in [2.45, 2.75) is 62.2 Å². The maximum absolute atomic E-state index is 13.9. The molecule has 2 amide bonds. The van der Waals surface area contributed by atoms with Crippen molar-refractivity contribution in [3.8, 4) is 0 Å². The van der Waals surface area contributed by atoms with E-state index in [9.17, 15) is 9.59 Å². The molecule has 0 atom stereocenters. The molecule has 0 unspecified atom stereocenters. The maximum atomic E-state index is 13.9. The van der Waals surface area contributed by atoms with Crippen LogP contribution in [0.2, 0.25) is 0 Å². The summed E-state index contributed by atoms with van der Waals surface area (Å²) in [5.74, 6) is 2.73. The van der Waals surface area contributed by atoms with E-state index in [0.29, 0.717) is 58.5 Å². The lowest BCUT2D eigenvalue weighted by atomic mass is 9.86. The third kappa shape index (κ3) is 12.7. The molecule has 0 aromatic heterocycles. The highest BCUT2D eigenvalue weighted by Crippen LogP contribution is 2.39. The highest BCUT2D eigenvalue weighted by atomic mass is 32.2. The van der Waals surface area contributed by atoms with Gasteiger partial charge >= 0.3 is 11.9 Å². The van der Waals surface area contributed by atoms with Gasteiger partial charge in [-0.25, -0.2) is 0 Å². The summed E-state index contributed by atoms with van der Waals surface area (Å²) in [6, 6.07) is 14.7. The number of nitrogen functional groups attached to an aromatic ring is 2. The van der Waals surface area contributed by atoms with E-state index in [-0.39, 0.29) is 22.6 Å². The molecule has 3 aromatic carbocycles. The average Bonchev–Trinajstić information content (AvgIpc) is 3.08. The van der Waals surface area contributed by atoms with Gasteiger partial charge in [0.15, 0.2) is 0 Å². The van der Waals surface area contributed by atoms with Crippen molar-refractivity contribution in [3.63, 3.8) is 0 Å². The number of nitrogens with zero attached hydrogens (tertiary/aromatic N) is 4. The Morgan fingerprint density at radius 1 is 0.625 bits per heavy atom. The number of nitrogens with two attached hydrogens (primary N) is 2. The lowest BCUT2D eigenvalue weighted by Gasteiger charge is -2.23. The molecule has 0 radical (unpaired) electrons. The third-order valence-electron chi connectivity index (χ3n) is 8.81. The number of thioether (sulfide) groups is 2. The number of rotatable bonds is 12. The van der Waals surface area contributed by atoms with Crippen LogP contribution in [0.4, 0.5) is 22.7 Å². The zero-order chi connectivity index (χ0) is 42.1. The summed E-state index contributed by atoms with van der Waals surface area (Å²) in [6.07, 6.45) is 0. The van der Waals surface area contributed by atoms with Gasteiger partial charge in [-0.1, -0.05) is 47.6 Å². The fourth-order valence-corrected chi connectivity index (χ4v) is 7.73. The van der Waals surface area contributed by atoms with Gasteiger partial charge in [-0.3, -0.25) is 39.2 Å². The van der Waals surface area contributed by atoms with Crippen molar-refractivity contribution in [3.05, 3.63) is 70.8 Å². The van der Waals surface area contributed by atoms with E-state index in [0.717, 1.165) is 32.8 Å². The van der Waals surface area contributed by atoms with Crippen molar-refractivity contribution in [2.24, 2.45) is 0 Å². The first-order chi connectivity index (χ1) is 26.0. The van der Waals surface area contributed by atoms with Gasteiger partial charge in [-0.2, -0.15) is 0 Å². The molecule has 12 nitrogen and oxygen atoms in total. The molecule has 0 saturated carbocycles. The number of hydrogen-bond acceptors (Lipinski definition) is 6. The van der Waals surface area contributed by atoms with E-state index in [2.05, 4.69) is 62.8 Å². The zero-order valence-corrected chi connectivity index (χ0v) is 37.7. The predicted octanol–water partition coefficient (Wildman–Crippen LogP) is 5.69. The van der Waals surface area contributed by atoms with Gasteiger partial charge in [-0.05, 0) is 64.4 Å². The van der Waals surface area contributed by atoms with Crippen LogP contribution in [-0.2, 0) is 10.8 Å². The molecule has 3 aromatic rings. The predicted molar refractivity (Wildman–Crippen MR) is 241 cm³/mol. The highest BCUT2D eigenvalue weighted by molar-refractivity contribution is 7.99. The molecular formula is C42H66N10O2S2+2. The normalized spacial score (nSPS) is 11.4. The minimum Gasteiger partial charge on any atom is -0.398 e. The van der Waals surface area contributed by atoms with Crippen LogP contribution in [0.3, 0.4) is 0 Å². The van der Waals surface area contributed by atoms with E-state index in [1.165, 1.54) is 0 Å². The monoisotopic (exact) mass is 806 g/mol. The van der Waals surface area contributed by atoms with Gasteiger partial charge in [0.2, 0.25) is 0 Å². The third-order valence-corrected chi connectivity index (χ3v) is 11.1. The molecule has 0 fully saturated rings. The van der Waals surface area contributed by atoms with Crippen LogP contribution in [0.25, 0.3) is 0 Å². The number of carbonyl (C=O) groups excluding carboxylic acids is 2. The Kier molecular flexibility index (Phi) is 16.0. The van der Waals surface area contributed by atoms with E-state index in [1.54, 1.807) is 47.8 Å². The van der Waals surface area contributed by atoms with Crippen LogP contribution in [0.15, 0.2) is 58.3 Å². The lowest BCUT2D eigenvalue weighted by Crippen LogP contribution is -2.42. The van der Waals surface area contributed by atoms with Crippen molar-refractivity contribution in [2.75, 3.05) is 103 Å². The number of nitrogens with one attached hydrogen (secondary N) is 4. The Balaban J connectivity index is 1.88. The Morgan fingerprint density at radius 2 is 0.982 bits per heavy atom. The molecule has 56 heavy (non-hydrogen) atoms. The minimum atomic E-state index is -0.338. The first-order valence-electron chi connectivity index (χ1n) is 18.8. The van der Waals surface area contributed by atoms with E-state index < -0.39 is 0 Å². The quantitative estimate of drug-likeness (QED) is 0.0337. The van der Waals surface area contributed by atoms with Gasteiger partial charge in [0.05, 0.1) is 90.6 Å². The Morgan fingerprint density at radius 3 is 1.29 bits per heavy atom. The fraction of sp³-hybridized carbons (Fsp3) is 0.476. The van der Waals surface area contributed by atoms with Gasteiger partial charge in [0.25, 0.3) is 11.8 Å². The van der Waals surface area contributed by atoms with Gasteiger partial charge in [0, 0.05) is 34.0 Å². The largest absolute Gasteiger partial charge is 0.398 e. The average molecular weight is 807 g/mol. The summed E-state index contributed by atoms with van der Waals surface area (Å²) in [5.41, 5.74) is 18.1. The summed E-state index contributed by atoms with van der Waals surface area (Å²) in [5, 5.41) is 13.2. The molecule has 0 aliphatic rings. The first-order valence-corrected chi connectivity index (χ1v) is 20.8. The Hall–Kier alpha value is -4.56. The molecule has 8 N–H and O–H groups in total. The second kappa shape index (κ2) is 19.5. The fourth-order valence-electron chi connectivity index (χ4n) is 5.93. The minimum absolute atomic E-state index is 0.196. The van der Waals surface area contributed by atoms with Crippen molar-refractivity contribution < 1.29 is 18.7 Å². The smallest absolute Gasteiger partial charge is 0.347 e. The molecule has 0 bridgehead atoms. The maximum Gasteiger partial charge on any atom is 0.347 e. The zero-order valence-electron chi connectivity index (χ0n) is 36.0. The molecular weight excluding hydrogens is 741 g/mol. The van der Waals surface area contributed by atoms with Crippen LogP contribution in [0.1, 0.15) is 73.4 Å². The van der Waals surface area contributed by atoms with Gasteiger partial charge < -0.3 is 22.1 Å². The van der Waals surface area contributed by atoms with Crippen LogP contribution in [0, 0.1) is 0 Å². The summed E-state index contributed by atoms with van der Waals surface area (Å²) >= 11 is 3.16. The highest BCUT2D eigenvalue weighted by Gasteiger charge is 2.23. The van der Waals surface area contributed by atoms with Crippen LogP contribution >= 0.6 is 23.5 Å². The number of carbonyl (C=O) groups is 2. The SMILES string of the molecule is CN(C)C(NCCSc1c(N)cc(C(C)(C)C)cc1NC(=O)c1cccc(C(=O)Nc2cc(C(C)(C)C)cc(N)c2SCCNC(N(C)C)=[N+](C)C)c1)=[N+](C)C. The molecule has 0 saturated heterocycles. The number of amides is 2. The van der Waals surface area contributed by atoms with Crippen LogP contribution < -0.4 is 32.7 Å². The summed E-state index contributed by atoms with van der Waals surface area (Å²) in [4.78, 5) is 33.5. The topological polar surface area (TPSA) is 147 Å². The standard InChI is InChI=1S/C42H64N10O2S2/c1-41(2,3)29-23-31(43)35(55-20-18-45-39(49(7)8)50(9)10)33(25-29)47-37(53)27-16-15-17-28(22-27)38(54)48-34-26-30(42(4,5)6)24-32(44)36(34)56-21-19-46-40(51(11)12)52(13)14/h15-17,22-26H,18-21,43-44H2,1-14H3,(H2,47,48,53,54)/p+2. The van der Waals surface area contributed by atoms with Crippen molar-refractivity contribution in [1.29, 1.82) is 0 Å². The second-order valence-electron chi connectivity index (χ2n) is 16.6. The van der Waals surface area contributed by atoms with Crippen LogP contribution in [0.5, 0.6) is 0 Å². The van der Waals surface area contributed by atoms with Crippen molar-refractivity contribution >= 4 is 70.0 Å². The lowest BCUT2D eigenvalue weighted by molar-refractivity contribution is -0.472. The molecule has 0 heterocycles. The van der Waals surface area contributed by atoms with Gasteiger partial charge in [-0.15, -0.1) is 23.5 Å². The molecule has 0 aliphatic heterocycles. The second-order valence-corrected chi connectivity index (χ2v) is 18.9. The van der Waals surface area contributed by atoms with Gasteiger partial charge in [0.1, 0.15) is 0 Å². The number of guanidine groups is 2. The summed E-state index contributed by atoms with van der Waals surface area (Å²) in [7, 11) is 16.0. The van der Waals surface area contributed by atoms with Crippen molar-refractivity contribution in [1.82, 2.24) is 20.4 Å². The molecule has 3 rings (SSSR count). The number of anilines is 4. The van der Waals surface area contributed by atoms with Crippen LogP contribution in [-0.4, -0.2) is 124 Å².